The van der Waals surface area contributed by atoms with Crippen LogP contribution in [0.1, 0.15) is 34.6 Å². The molecule has 0 unspecified atom stereocenters. The van der Waals surface area contributed by atoms with Gasteiger partial charge in [-0.15, -0.1) is 0 Å². The molecular weight excluding hydrogens is 214 g/mol. The van der Waals surface area contributed by atoms with Gasteiger partial charge in [-0.3, -0.25) is 4.79 Å². The van der Waals surface area contributed by atoms with Crippen LogP contribution in [-0.2, 0) is 9.53 Å². The molecule has 3 nitrogen and oxygen atoms in total. The lowest BCUT2D eigenvalue weighted by molar-refractivity contribution is -0.889. The van der Waals surface area contributed by atoms with Crippen molar-refractivity contribution >= 4 is 5.97 Å². The van der Waals surface area contributed by atoms with E-state index in [-0.39, 0.29) is 5.97 Å². The summed E-state index contributed by atoms with van der Waals surface area (Å²) in [6.45, 7) is 15.9. The summed E-state index contributed by atoms with van der Waals surface area (Å²) in [6, 6.07) is 0. The van der Waals surface area contributed by atoms with Crippen molar-refractivity contribution in [3.8, 4) is 11.8 Å². The van der Waals surface area contributed by atoms with Crippen molar-refractivity contribution in [2.24, 2.45) is 0 Å². The molecule has 0 aliphatic heterocycles. The van der Waals surface area contributed by atoms with Gasteiger partial charge in [0.2, 0.25) is 0 Å². The van der Waals surface area contributed by atoms with Gasteiger partial charge < -0.3 is 9.64 Å². The van der Waals surface area contributed by atoms with E-state index in [2.05, 4.69) is 32.3 Å². The van der Waals surface area contributed by atoms with E-state index in [4.69, 9.17) is 4.74 Å². The van der Waals surface area contributed by atoms with Gasteiger partial charge in [-0.05, 0) is 45.1 Å². The van der Waals surface area contributed by atoms with E-state index in [0.717, 1.165) is 25.2 Å². The first-order valence-electron chi connectivity index (χ1n) is 6.04. The zero-order valence-electron chi connectivity index (χ0n) is 11.6. The summed E-state index contributed by atoms with van der Waals surface area (Å²) in [7, 11) is 0. The smallest absolute Gasteiger partial charge is 0.304 e. The molecule has 0 radical (unpaired) electrons. The second-order valence-corrected chi connectivity index (χ2v) is 4.34. The van der Waals surface area contributed by atoms with Gasteiger partial charge in [0.05, 0.1) is 13.1 Å². The second-order valence-electron chi connectivity index (χ2n) is 4.34. The monoisotopic (exact) mass is 238 g/mol. The molecule has 0 heterocycles. The number of ether oxygens (including phenoxy) is 1. The molecule has 0 aliphatic carbocycles. The second kappa shape index (κ2) is 7.13. The molecule has 0 bridgehead atoms. The van der Waals surface area contributed by atoms with Gasteiger partial charge >= 0.3 is 5.97 Å². The van der Waals surface area contributed by atoms with Gasteiger partial charge in [-0.25, -0.2) is 0 Å². The molecule has 3 heteroatoms. The van der Waals surface area contributed by atoms with Crippen LogP contribution in [0.15, 0.2) is 12.2 Å². The Bertz CT molecular complexity index is 334. The van der Waals surface area contributed by atoms with Crippen LogP contribution in [0.2, 0.25) is 0 Å². The number of esters is 1. The van der Waals surface area contributed by atoms with Crippen LogP contribution in [0, 0.1) is 11.8 Å². The molecule has 0 rings (SSSR count). The van der Waals surface area contributed by atoms with Crippen LogP contribution < -0.4 is 4.90 Å². The fourth-order valence-corrected chi connectivity index (χ4v) is 1.34. The summed E-state index contributed by atoms with van der Waals surface area (Å²) in [5.74, 6) is 5.77. The van der Waals surface area contributed by atoms with Crippen molar-refractivity contribution in [2.75, 3.05) is 19.6 Å². The Morgan fingerprint density at radius 1 is 1.35 bits per heavy atom. The molecule has 0 saturated heterocycles. The zero-order chi connectivity index (χ0) is 13.5. The molecule has 0 aromatic carbocycles. The first-order valence-corrected chi connectivity index (χ1v) is 6.04. The van der Waals surface area contributed by atoms with Crippen LogP contribution >= 0.6 is 0 Å². The first kappa shape index (κ1) is 15.7. The molecule has 96 valence electrons. The molecule has 1 N–H and O–H groups in total. The van der Waals surface area contributed by atoms with Crippen LogP contribution in [0.3, 0.4) is 0 Å². The number of hydrogen-bond acceptors (Lipinski definition) is 2. The van der Waals surface area contributed by atoms with Gasteiger partial charge in [0, 0.05) is 6.92 Å². The molecule has 0 aliphatic rings. The molecule has 0 fully saturated rings. The summed E-state index contributed by atoms with van der Waals surface area (Å²) < 4.78 is 5.23. The fraction of sp³-hybridized carbons (Fsp3) is 0.643. The Labute approximate surface area is 105 Å². The summed E-state index contributed by atoms with van der Waals surface area (Å²) in [6.07, 6.45) is 0. The predicted octanol–water partition coefficient (Wildman–Crippen LogP) is 0.812. The molecule has 0 aromatic heterocycles. The highest BCUT2D eigenvalue weighted by Crippen LogP contribution is 2.18. The average molecular weight is 238 g/mol. The minimum absolute atomic E-state index is 0.333. The quantitative estimate of drug-likeness (QED) is 0.436. The number of carbonyl (C=O) groups is 1. The number of quaternary nitrogens is 1. The van der Waals surface area contributed by atoms with Crippen molar-refractivity contribution in [3.05, 3.63) is 12.2 Å². The van der Waals surface area contributed by atoms with Gasteiger partial charge in [0.1, 0.15) is 6.54 Å². The highest BCUT2D eigenvalue weighted by Gasteiger charge is 2.26. The average Bonchev–Trinajstić information content (AvgIpc) is 2.23. The zero-order valence-corrected chi connectivity index (χ0v) is 11.6. The lowest BCUT2D eigenvalue weighted by Crippen LogP contribution is -3.11. The highest BCUT2D eigenvalue weighted by molar-refractivity contribution is 5.67. The van der Waals surface area contributed by atoms with Crippen molar-refractivity contribution in [1.82, 2.24) is 0 Å². The maximum Gasteiger partial charge on any atom is 0.304 e. The highest BCUT2D eigenvalue weighted by atomic mass is 16.6. The molecule has 0 spiro atoms. The van der Waals surface area contributed by atoms with Crippen molar-refractivity contribution in [2.45, 2.75) is 40.2 Å². The predicted molar refractivity (Wildman–Crippen MR) is 69.7 cm³/mol. The maximum absolute atomic E-state index is 11.0. The van der Waals surface area contributed by atoms with Crippen molar-refractivity contribution < 1.29 is 14.4 Å². The molecule has 17 heavy (non-hydrogen) atoms. The third kappa shape index (κ3) is 5.55. The van der Waals surface area contributed by atoms with Crippen LogP contribution in [0.25, 0.3) is 0 Å². The lowest BCUT2D eigenvalue weighted by Gasteiger charge is -2.23. The molecule has 0 amide bonds. The summed E-state index contributed by atoms with van der Waals surface area (Å²) >= 11 is 0. The number of hydrogen-bond donors (Lipinski definition) is 1. The fourth-order valence-electron chi connectivity index (χ4n) is 1.34. The third-order valence-electron chi connectivity index (χ3n) is 2.83. The molecule has 0 aromatic rings. The van der Waals surface area contributed by atoms with E-state index in [1.54, 1.807) is 6.92 Å². The van der Waals surface area contributed by atoms with Crippen LogP contribution in [0.4, 0.5) is 0 Å². The van der Waals surface area contributed by atoms with Crippen LogP contribution in [0.5, 0.6) is 0 Å². The van der Waals surface area contributed by atoms with Crippen molar-refractivity contribution in [1.29, 1.82) is 0 Å². The number of nitrogens with one attached hydrogen (secondary N) is 1. The van der Waals surface area contributed by atoms with Gasteiger partial charge in [-0.1, -0.05) is 6.58 Å². The van der Waals surface area contributed by atoms with Gasteiger partial charge in [-0.2, -0.15) is 0 Å². The first-order chi connectivity index (χ1) is 7.85. The molecule has 0 saturated carbocycles. The van der Waals surface area contributed by atoms with E-state index in [9.17, 15) is 4.79 Å². The largest absolute Gasteiger partial charge is 0.442 e. The Morgan fingerprint density at radius 2 is 1.88 bits per heavy atom. The number of rotatable bonds is 5. The summed E-state index contributed by atoms with van der Waals surface area (Å²) in [5.41, 5.74) is -0.118. The van der Waals surface area contributed by atoms with E-state index in [1.165, 1.54) is 11.8 Å². The third-order valence-corrected chi connectivity index (χ3v) is 2.83. The Balaban J connectivity index is 4.71. The SMILES string of the molecule is C=C(C)[C@@](C)(C#CC[NH+](CC)CC)OC(C)=O. The minimum atomic E-state index is -0.863. The van der Waals surface area contributed by atoms with E-state index in [0.29, 0.717) is 0 Å². The van der Waals surface area contributed by atoms with E-state index < -0.39 is 5.60 Å². The normalized spacial score (nSPS) is 13.5. The lowest BCUT2D eigenvalue weighted by atomic mass is 9.99. The summed E-state index contributed by atoms with van der Waals surface area (Å²) in [5, 5.41) is 0. The van der Waals surface area contributed by atoms with Gasteiger partial charge in [0.25, 0.3) is 0 Å². The van der Waals surface area contributed by atoms with Crippen molar-refractivity contribution in [3.63, 3.8) is 0 Å². The summed E-state index contributed by atoms with van der Waals surface area (Å²) in [4.78, 5) is 12.4. The van der Waals surface area contributed by atoms with Gasteiger partial charge in [0.15, 0.2) is 5.60 Å². The standard InChI is InChI=1S/C14H23NO2/c1-7-15(8-2)11-9-10-14(6,12(3)4)17-13(5)16/h3,7-8,11H2,1-2,4-6H3/p+1/t14-/m1/s1. The maximum atomic E-state index is 11.0. The Kier molecular flexibility index (Phi) is 6.60. The topological polar surface area (TPSA) is 30.7 Å². The molecular formula is C14H24NO2+. The Hall–Kier alpha value is -1.27. The Morgan fingerprint density at radius 3 is 2.24 bits per heavy atom. The molecule has 1 atom stereocenters. The minimum Gasteiger partial charge on any atom is -0.442 e. The van der Waals surface area contributed by atoms with E-state index in [1.807, 2.05) is 6.92 Å². The van der Waals surface area contributed by atoms with Crippen LogP contribution in [-0.4, -0.2) is 31.2 Å². The number of carbonyl (C=O) groups excluding carboxylic acids is 1. The van der Waals surface area contributed by atoms with E-state index >= 15 is 0 Å².